The summed E-state index contributed by atoms with van der Waals surface area (Å²) in [6, 6.07) is 4.97. The minimum Gasteiger partial charge on any atom is -0.277 e. The van der Waals surface area contributed by atoms with E-state index in [1.807, 2.05) is 4.72 Å². The Morgan fingerprint density at radius 3 is 2.17 bits per heavy atom. The van der Waals surface area contributed by atoms with Crippen LogP contribution in [-0.4, -0.2) is 16.8 Å². The minimum absolute atomic E-state index is 0.390. The van der Waals surface area contributed by atoms with Crippen LogP contribution in [0.15, 0.2) is 46.2 Å². The van der Waals surface area contributed by atoms with E-state index in [1.165, 1.54) is 0 Å². The van der Waals surface area contributed by atoms with Crippen molar-refractivity contribution >= 4 is 37.3 Å². The zero-order chi connectivity index (χ0) is 17.4. The van der Waals surface area contributed by atoms with Crippen LogP contribution in [-0.2, 0) is 20.0 Å². The van der Waals surface area contributed by atoms with Gasteiger partial charge in [-0.15, -0.1) is 0 Å². The van der Waals surface area contributed by atoms with Gasteiger partial charge in [0.1, 0.15) is 16.5 Å². The first kappa shape index (κ1) is 17.6. The summed E-state index contributed by atoms with van der Waals surface area (Å²) < 4.78 is 75.2. The molecule has 23 heavy (non-hydrogen) atoms. The standard InChI is InChI=1S/C12H9ClF2N2O4S2/c13-9-5-7(14)1-4-12(9)23(20,21)17-11-3-2-8(6-10(11)15)22(16,18)19/h1-6,17H,(H2,16,18,19). The number of sulfonamides is 2. The molecule has 0 atom stereocenters. The molecule has 0 aliphatic rings. The second-order valence-electron chi connectivity index (χ2n) is 4.37. The van der Waals surface area contributed by atoms with E-state index in [-0.39, 0.29) is 5.02 Å². The van der Waals surface area contributed by atoms with E-state index in [2.05, 4.69) is 0 Å². The quantitative estimate of drug-likeness (QED) is 0.844. The molecule has 0 aromatic heterocycles. The predicted molar refractivity (Wildman–Crippen MR) is 80.0 cm³/mol. The zero-order valence-electron chi connectivity index (χ0n) is 11.1. The molecule has 2 aromatic carbocycles. The van der Waals surface area contributed by atoms with E-state index in [0.717, 1.165) is 30.3 Å². The van der Waals surface area contributed by atoms with E-state index in [4.69, 9.17) is 16.7 Å². The molecule has 11 heteroatoms. The normalized spacial score (nSPS) is 12.2. The number of primary sulfonamides is 1. The van der Waals surface area contributed by atoms with Crippen LogP contribution in [0.1, 0.15) is 0 Å². The first-order chi connectivity index (χ1) is 10.5. The Balaban J connectivity index is 2.42. The van der Waals surface area contributed by atoms with E-state index < -0.39 is 47.2 Å². The number of hydrogen-bond donors (Lipinski definition) is 2. The van der Waals surface area contributed by atoms with Crippen LogP contribution in [0.4, 0.5) is 14.5 Å². The van der Waals surface area contributed by atoms with Gasteiger partial charge in [0, 0.05) is 0 Å². The minimum atomic E-state index is -4.30. The van der Waals surface area contributed by atoms with Gasteiger partial charge in [0.2, 0.25) is 10.0 Å². The highest BCUT2D eigenvalue weighted by atomic mass is 35.5. The fourth-order valence-electron chi connectivity index (χ4n) is 1.65. The van der Waals surface area contributed by atoms with Crippen molar-refractivity contribution in [1.82, 2.24) is 0 Å². The van der Waals surface area contributed by atoms with Crippen LogP contribution in [0, 0.1) is 11.6 Å². The highest BCUT2D eigenvalue weighted by Crippen LogP contribution is 2.26. The van der Waals surface area contributed by atoms with Crippen molar-refractivity contribution in [2.45, 2.75) is 9.79 Å². The fourth-order valence-corrected chi connectivity index (χ4v) is 3.77. The van der Waals surface area contributed by atoms with Gasteiger partial charge in [-0.05, 0) is 36.4 Å². The molecule has 0 aliphatic heterocycles. The average Bonchev–Trinajstić information content (AvgIpc) is 2.39. The van der Waals surface area contributed by atoms with E-state index in [1.54, 1.807) is 0 Å². The van der Waals surface area contributed by atoms with Gasteiger partial charge in [-0.1, -0.05) is 11.6 Å². The first-order valence-corrected chi connectivity index (χ1v) is 9.22. The molecule has 0 radical (unpaired) electrons. The van der Waals surface area contributed by atoms with Crippen molar-refractivity contribution in [3.05, 3.63) is 53.1 Å². The maximum Gasteiger partial charge on any atom is 0.263 e. The molecule has 0 heterocycles. The third kappa shape index (κ3) is 3.96. The van der Waals surface area contributed by atoms with Crippen molar-refractivity contribution in [2.75, 3.05) is 4.72 Å². The monoisotopic (exact) mass is 382 g/mol. The van der Waals surface area contributed by atoms with Crippen molar-refractivity contribution in [3.63, 3.8) is 0 Å². The zero-order valence-corrected chi connectivity index (χ0v) is 13.5. The van der Waals surface area contributed by atoms with Gasteiger partial charge in [0.15, 0.2) is 0 Å². The molecule has 0 unspecified atom stereocenters. The topological polar surface area (TPSA) is 106 Å². The summed E-state index contributed by atoms with van der Waals surface area (Å²) in [5, 5.41) is 4.45. The largest absolute Gasteiger partial charge is 0.277 e. The summed E-state index contributed by atoms with van der Waals surface area (Å²) in [6.45, 7) is 0. The summed E-state index contributed by atoms with van der Waals surface area (Å²) in [6.07, 6.45) is 0. The van der Waals surface area contributed by atoms with Crippen molar-refractivity contribution in [1.29, 1.82) is 0 Å². The molecule has 0 bridgehead atoms. The van der Waals surface area contributed by atoms with E-state index >= 15 is 0 Å². The number of nitrogens with one attached hydrogen (secondary N) is 1. The Hall–Kier alpha value is -1.75. The lowest BCUT2D eigenvalue weighted by atomic mass is 10.3. The molecule has 3 N–H and O–H groups in total. The highest BCUT2D eigenvalue weighted by Gasteiger charge is 2.21. The van der Waals surface area contributed by atoms with Crippen LogP contribution in [0.5, 0.6) is 0 Å². The molecule has 124 valence electrons. The van der Waals surface area contributed by atoms with Gasteiger partial charge in [-0.2, -0.15) is 0 Å². The lowest BCUT2D eigenvalue weighted by molar-refractivity contribution is 0.592. The lowest BCUT2D eigenvalue weighted by Gasteiger charge is -2.11. The van der Waals surface area contributed by atoms with Crippen molar-refractivity contribution in [3.8, 4) is 0 Å². The van der Waals surface area contributed by atoms with Crippen molar-refractivity contribution in [2.24, 2.45) is 5.14 Å². The van der Waals surface area contributed by atoms with Crippen LogP contribution in [0.2, 0.25) is 5.02 Å². The van der Waals surface area contributed by atoms with Crippen molar-refractivity contribution < 1.29 is 25.6 Å². The summed E-state index contributed by atoms with van der Waals surface area (Å²) in [7, 11) is -8.43. The third-order valence-corrected chi connectivity index (χ3v) is 5.46. The summed E-state index contributed by atoms with van der Waals surface area (Å²) in [5.41, 5.74) is -0.516. The Bertz CT molecular complexity index is 979. The molecule has 2 rings (SSSR count). The van der Waals surface area contributed by atoms with E-state index in [0.29, 0.717) is 6.07 Å². The molecule has 0 saturated heterocycles. The number of anilines is 1. The average molecular weight is 383 g/mol. The summed E-state index contributed by atoms with van der Waals surface area (Å²) in [5.74, 6) is -1.89. The fraction of sp³-hybridized carbons (Fsp3) is 0. The van der Waals surface area contributed by atoms with Crippen LogP contribution in [0.25, 0.3) is 0 Å². The van der Waals surface area contributed by atoms with Gasteiger partial charge < -0.3 is 0 Å². The maximum absolute atomic E-state index is 13.9. The molecule has 0 fully saturated rings. The Morgan fingerprint density at radius 2 is 1.65 bits per heavy atom. The smallest absolute Gasteiger partial charge is 0.263 e. The Kier molecular flexibility index (Phi) is 4.62. The highest BCUT2D eigenvalue weighted by molar-refractivity contribution is 7.92. The molecule has 0 amide bonds. The third-order valence-electron chi connectivity index (χ3n) is 2.70. The van der Waals surface area contributed by atoms with Crippen LogP contribution < -0.4 is 9.86 Å². The van der Waals surface area contributed by atoms with Crippen LogP contribution >= 0.6 is 11.6 Å². The molecular formula is C12H9ClF2N2O4S2. The van der Waals surface area contributed by atoms with Gasteiger partial charge in [-0.25, -0.2) is 30.8 Å². The number of rotatable bonds is 4. The number of halogens is 3. The molecular weight excluding hydrogens is 374 g/mol. The maximum atomic E-state index is 13.9. The van der Waals surface area contributed by atoms with Gasteiger partial charge in [-0.3, -0.25) is 4.72 Å². The molecule has 0 spiro atoms. The first-order valence-electron chi connectivity index (χ1n) is 5.81. The number of benzene rings is 2. The summed E-state index contributed by atoms with van der Waals surface area (Å²) >= 11 is 5.66. The van der Waals surface area contributed by atoms with Gasteiger partial charge in [0.05, 0.1) is 15.6 Å². The predicted octanol–water partition coefficient (Wildman–Crippen LogP) is 2.07. The van der Waals surface area contributed by atoms with E-state index in [9.17, 15) is 25.6 Å². The molecule has 0 aliphatic carbocycles. The van der Waals surface area contributed by atoms with Crippen LogP contribution in [0.3, 0.4) is 0 Å². The lowest BCUT2D eigenvalue weighted by Crippen LogP contribution is -2.16. The second-order valence-corrected chi connectivity index (χ2v) is 7.99. The Morgan fingerprint density at radius 1 is 1.00 bits per heavy atom. The molecule has 6 nitrogen and oxygen atoms in total. The molecule has 2 aromatic rings. The molecule has 0 saturated carbocycles. The second kappa shape index (κ2) is 6.04. The Labute approximate surface area is 136 Å². The SMILES string of the molecule is NS(=O)(=O)c1ccc(NS(=O)(=O)c2ccc(F)cc2Cl)c(F)c1. The number of hydrogen-bond acceptors (Lipinski definition) is 4. The summed E-state index contributed by atoms with van der Waals surface area (Å²) in [4.78, 5) is -0.978. The van der Waals surface area contributed by atoms with Gasteiger partial charge in [0.25, 0.3) is 10.0 Å². The van der Waals surface area contributed by atoms with Gasteiger partial charge >= 0.3 is 0 Å². The number of nitrogens with two attached hydrogens (primary N) is 1.